The SMILES string of the molecule is CCS(C)(C)OCC(C)(C)C(O)C(=O)NCCC(=O)NCCS. The van der Waals surface area contributed by atoms with E-state index in [0.717, 1.165) is 5.75 Å². The van der Waals surface area contributed by atoms with Crippen LogP contribution in [-0.2, 0) is 13.8 Å². The van der Waals surface area contributed by atoms with Crippen molar-refractivity contribution < 1.29 is 18.9 Å². The molecular formula is C15H32N2O4S2. The summed E-state index contributed by atoms with van der Waals surface area (Å²) in [4.78, 5) is 23.4. The largest absolute Gasteiger partial charge is 0.383 e. The number of carbonyl (C=O) groups excluding carboxylic acids is 2. The molecule has 8 heteroatoms. The lowest BCUT2D eigenvalue weighted by Gasteiger charge is -2.36. The lowest BCUT2D eigenvalue weighted by molar-refractivity contribution is -0.136. The summed E-state index contributed by atoms with van der Waals surface area (Å²) in [6, 6.07) is 0. The predicted molar refractivity (Wildman–Crippen MR) is 100 cm³/mol. The second kappa shape index (κ2) is 10.4. The van der Waals surface area contributed by atoms with Crippen molar-refractivity contribution in [3.05, 3.63) is 0 Å². The summed E-state index contributed by atoms with van der Waals surface area (Å²) in [6.45, 7) is 6.64. The maximum Gasteiger partial charge on any atom is 0.249 e. The van der Waals surface area contributed by atoms with Crippen LogP contribution in [0.25, 0.3) is 0 Å². The highest BCUT2D eigenvalue weighted by molar-refractivity contribution is 8.28. The van der Waals surface area contributed by atoms with Gasteiger partial charge in [0.25, 0.3) is 0 Å². The molecule has 0 saturated carbocycles. The van der Waals surface area contributed by atoms with E-state index < -0.39 is 27.7 Å². The number of carbonyl (C=O) groups is 2. The molecule has 0 saturated heterocycles. The van der Waals surface area contributed by atoms with Crippen LogP contribution in [0.1, 0.15) is 27.2 Å². The van der Waals surface area contributed by atoms with Crippen molar-refractivity contribution in [3.63, 3.8) is 0 Å². The van der Waals surface area contributed by atoms with E-state index in [1.165, 1.54) is 0 Å². The van der Waals surface area contributed by atoms with E-state index in [1.54, 1.807) is 13.8 Å². The standard InChI is InChI=1S/C15H32N2O4S2/c1-6-23(4,5)21-11-15(2,3)13(19)14(20)17-8-7-12(18)16-9-10-22/h13,19,22H,6-11H2,1-5H3,(H,16,18)(H,17,20). The van der Waals surface area contributed by atoms with Gasteiger partial charge >= 0.3 is 0 Å². The predicted octanol–water partition coefficient (Wildman–Crippen LogP) is 0.942. The highest BCUT2D eigenvalue weighted by atomic mass is 32.3. The molecule has 23 heavy (non-hydrogen) atoms. The first-order valence-corrected chi connectivity index (χ1v) is 10.9. The number of aliphatic hydroxyl groups excluding tert-OH is 1. The van der Waals surface area contributed by atoms with Crippen LogP contribution < -0.4 is 10.6 Å². The molecule has 0 radical (unpaired) electrons. The Bertz CT molecular complexity index is 390. The van der Waals surface area contributed by atoms with E-state index in [2.05, 4.69) is 42.7 Å². The number of rotatable bonds is 11. The summed E-state index contributed by atoms with van der Waals surface area (Å²) in [5, 5.41) is 15.5. The molecule has 0 aromatic heterocycles. The molecule has 0 rings (SSSR count). The lowest BCUT2D eigenvalue weighted by atomic mass is 9.87. The van der Waals surface area contributed by atoms with Crippen LogP contribution in [0.4, 0.5) is 0 Å². The molecule has 0 aromatic carbocycles. The van der Waals surface area contributed by atoms with Crippen molar-refractivity contribution in [2.45, 2.75) is 33.3 Å². The molecule has 0 aliphatic heterocycles. The topological polar surface area (TPSA) is 87.7 Å². The molecule has 3 N–H and O–H groups in total. The third-order valence-electron chi connectivity index (χ3n) is 3.52. The number of amides is 2. The van der Waals surface area contributed by atoms with Crippen LogP contribution in [0, 0.1) is 5.41 Å². The number of hydrogen-bond acceptors (Lipinski definition) is 5. The van der Waals surface area contributed by atoms with Crippen LogP contribution >= 0.6 is 22.9 Å². The minimum atomic E-state index is -1.19. The fourth-order valence-electron chi connectivity index (χ4n) is 1.51. The van der Waals surface area contributed by atoms with Crippen LogP contribution in [0.2, 0.25) is 0 Å². The maximum absolute atomic E-state index is 12.0. The molecule has 0 heterocycles. The monoisotopic (exact) mass is 368 g/mol. The van der Waals surface area contributed by atoms with Crippen molar-refractivity contribution in [2.24, 2.45) is 5.41 Å². The lowest BCUT2D eigenvalue weighted by Crippen LogP contribution is -2.46. The molecular weight excluding hydrogens is 336 g/mol. The van der Waals surface area contributed by atoms with Gasteiger partial charge in [0.15, 0.2) is 0 Å². The van der Waals surface area contributed by atoms with Gasteiger partial charge in [0.1, 0.15) is 6.10 Å². The zero-order valence-electron chi connectivity index (χ0n) is 14.8. The third kappa shape index (κ3) is 9.44. The van der Waals surface area contributed by atoms with Crippen molar-refractivity contribution in [3.8, 4) is 0 Å². The maximum atomic E-state index is 12.0. The second-order valence-electron chi connectivity index (χ2n) is 6.49. The van der Waals surface area contributed by atoms with E-state index in [4.69, 9.17) is 4.18 Å². The van der Waals surface area contributed by atoms with Gasteiger partial charge in [0.2, 0.25) is 11.8 Å². The number of nitrogens with one attached hydrogen (secondary N) is 2. The van der Waals surface area contributed by atoms with Gasteiger partial charge in [-0.2, -0.15) is 12.6 Å². The normalized spacial score (nSPS) is 14.2. The zero-order chi connectivity index (χ0) is 18.1. The first-order valence-electron chi connectivity index (χ1n) is 7.74. The van der Waals surface area contributed by atoms with E-state index in [9.17, 15) is 14.7 Å². The van der Waals surface area contributed by atoms with Crippen molar-refractivity contribution in [1.82, 2.24) is 10.6 Å². The molecule has 2 amide bonds. The average molecular weight is 369 g/mol. The fourth-order valence-corrected chi connectivity index (χ4v) is 2.41. The van der Waals surface area contributed by atoms with Crippen LogP contribution in [0.15, 0.2) is 0 Å². The molecule has 0 aromatic rings. The van der Waals surface area contributed by atoms with E-state index >= 15 is 0 Å². The molecule has 1 unspecified atom stereocenters. The Morgan fingerprint density at radius 1 is 1.26 bits per heavy atom. The number of hydrogen-bond donors (Lipinski definition) is 4. The van der Waals surface area contributed by atoms with Crippen LogP contribution in [0.3, 0.4) is 0 Å². The number of aliphatic hydroxyl groups is 1. The fraction of sp³-hybridized carbons (Fsp3) is 0.867. The second-order valence-corrected chi connectivity index (χ2v) is 10.6. The van der Waals surface area contributed by atoms with Crippen LogP contribution in [-0.4, -0.2) is 66.7 Å². The molecule has 138 valence electrons. The summed E-state index contributed by atoms with van der Waals surface area (Å²) in [7, 11) is -1.15. The van der Waals surface area contributed by atoms with Gasteiger partial charge in [-0.15, -0.1) is 10.3 Å². The smallest absolute Gasteiger partial charge is 0.249 e. The van der Waals surface area contributed by atoms with Gasteiger partial charge in [-0.25, -0.2) is 0 Å². The Morgan fingerprint density at radius 3 is 2.39 bits per heavy atom. The first-order chi connectivity index (χ1) is 10.6. The van der Waals surface area contributed by atoms with Gasteiger partial charge in [-0.3, -0.25) is 9.59 Å². The quantitative estimate of drug-likeness (QED) is 0.409. The Hall–Kier alpha value is -0.440. The van der Waals surface area contributed by atoms with Crippen molar-refractivity contribution >= 4 is 34.8 Å². The Balaban J connectivity index is 4.27. The molecule has 1 atom stereocenters. The molecule has 0 aliphatic rings. The minimum Gasteiger partial charge on any atom is -0.383 e. The first kappa shape index (κ1) is 22.6. The van der Waals surface area contributed by atoms with E-state index in [0.29, 0.717) is 18.9 Å². The van der Waals surface area contributed by atoms with E-state index in [-0.39, 0.29) is 18.9 Å². The summed E-state index contributed by atoms with van der Waals surface area (Å²) >= 11 is 4.00. The average Bonchev–Trinajstić information content (AvgIpc) is 2.50. The Kier molecular flexibility index (Phi) is 10.2. The highest BCUT2D eigenvalue weighted by Crippen LogP contribution is 2.42. The molecule has 0 fully saturated rings. The van der Waals surface area contributed by atoms with Gasteiger partial charge in [0, 0.05) is 30.7 Å². The molecule has 0 aliphatic carbocycles. The Labute approximate surface area is 147 Å². The van der Waals surface area contributed by atoms with Crippen molar-refractivity contribution in [1.29, 1.82) is 0 Å². The van der Waals surface area contributed by atoms with Gasteiger partial charge in [-0.05, 0) is 18.3 Å². The number of thiol groups is 1. The van der Waals surface area contributed by atoms with Gasteiger partial charge in [-0.1, -0.05) is 20.8 Å². The van der Waals surface area contributed by atoms with E-state index in [1.807, 2.05) is 0 Å². The summed E-state index contributed by atoms with van der Waals surface area (Å²) < 4.78 is 5.87. The molecule has 0 bridgehead atoms. The van der Waals surface area contributed by atoms with Gasteiger partial charge < -0.3 is 19.9 Å². The van der Waals surface area contributed by atoms with Gasteiger partial charge in [0.05, 0.1) is 6.61 Å². The zero-order valence-corrected chi connectivity index (χ0v) is 16.6. The minimum absolute atomic E-state index is 0.148. The summed E-state index contributed by atoms with van der Waals surface area (Å²) in [6.07, 6.45) is 3.10. The summed E-state index contributed by atoms with van der Waals surface area (Å²) in [5.74, 6) is 0.864. The third-order valence-corrected chi connectivity index (χ3v) is 5.89. The molecule has 0 spiro atoms. The van der Waals surface area contributed by atoms with Crippen molar-refractivity contribution in [2.75, 3.05) is 43.7 Å². The Morgan fingerprint density at radius 2 is 1.87 bits per heavy atom. The summed E-state index contributed by atoms with van der Waals surface area (Å²) in [5.41, 5.74) is -0.697. The van der Waals surface area contributed by atoms with Crippen LogP contribution in [0.5, 0.6) is 0 Å². The molecule has 6 nitrogen and oxygen atoms in total. The highest BCUT2D eigenvalue weighted by Gasteiger charge is 2.35.